The zero-order chi connectivity index (χ0) is 28.2. The lowest BCUT2D eigenvalue weighted by Gasteiger charge is -2.20. The molecule has 3 N–H and O–H groups in total. The first-order chi connectivity index (χ1) is 19.3. The third-order valence-corrected chi connectivity index (χ3v) is 7.24. The number of carbonyl (C=O) groups excluding carboxylic acids is 3. The van der Waals surface area contributed by atoms with Gasteiger partial charge in [0.05, 0.1) is 17.7 Å². The van der Waals surface area contributed by atoms with E-state index in [0.29, 0.717) is 28.4 Å². The van der Waals surface area contributed by atoms with Crippen LogP contribution in [-0.2, 0) is 4.74 Å². The van der Waals surface area contributed by atoms with Gasteiger partial charge in [-0.1, -0.05) is 17.7 Å². The van der Waals surface area contributed by atoms with Gasteiger partial charge in [-0.2, -0.15) is 0 Å². The van der Waals surface area contributed by atoms with Crippen LogP contribution < -0.4 is 16.2 Å². The van der Waals surface area contributed by atoms with E-state index in [4.69, 9.17) is 16.3 Å². The van der Waals surface area contributed by atoms with Gasteiger partial charge in [0.1, 0.15) is 0 Å². The number of benzene rings is 2. The lowest BCUT2D eigenvalue weighted by molar-refractivity contribution is 0.0922. The minimum absolute atomic E-state index is 0.170. The van der Waals surface area contributed by atoms with E-state index in [2.05, 4.69) is 15.6 Å². The van der Waals surface area contributed by atoms with Crippen molar-refractivity contribution in [2.75, 3.05) is 26.2 Å². The predicted octanol–water partition coefficient (Wildman–Crippen LogP) is 3.59. The van der Waals surface area contributed by atoms with Gasteiger partial charge in [-0.25, -0.2) is 4.79 Å². The molecule has 5 rings (SSSR count). The number of aromatic nitrogens is 2. The molecule has 1 aliphatic heterocycles. The van der Waals surface area contributed by atoms with Gasteiger partial charge in [-0.15, -0.1) is 0 Å². The molecular weight excluding hydrogens is 534 g/mol. The number of hydrogen-bond donors (Lipinski definition) is 3. The summed E-state index contributed by atoms with van der Waals surface area (Å²) in [6.45, 7) is 2.74. The van der Waals surface area contributed by atoms with E-state index >= 15 is 0 Å². The molecule has 40 heavy (non-hydrogen) atoms. The van der Waals surface area contributed by atoms with Crippen molar-refractivity contribution in [2.24, 2.45) is 5.92 Å². The van der Waals surface area contributed by atoms with Crippen LogP contribution in [0.1, 0.15) is 27.6 Å². The average molecular weight is 562 g/mol. The van der Waals surface area contributed by atoms with Crippen molar-refractivity contribution in [2.45, 2.75) is 13.0 Å². The van der Waals surface area contributed by atoms with Crippen molar-refractivity contribution >= 4 is 40.4 Å². The maximum atomic E-state index is 13.1. The van der Waals surface area contributed by atoms with E-state index in [1.165, 1.54) is 15.5 Å². The summed E-state index contributed by atoms with van der Waals surface area (Å²) in [5, 5.41) is 7.19. The van der Waals surface area contributed by atoms with Crippen molar-refractivity contribution in [3.05, 3.63) is 99.6 Å². The Morgan fingerprint density at radius 3 is 2.55 bits per heavy atom. The average Bonchev–Trinajstić information content (AvgIpc) is 3.55. The van der Waals surface area contributed by atoms with Crippen molar-refractivity contribution in [1.29, 1.82) is 0 Å². The summed E-state index contributed by atoms with van der Waals surface area (Å²) in [6.07, 6.45) is 2.85. The number of hydrogen-bond acceptors (Lipinski definition) is 5. The molecule has 10 nitrogen and oxygen atoms in total. The number of rotatable bonds is 7. The summed E-state index contributed by atoms with van der Waals surface area (Å²) in [4.78, 5) is 55.2. The van der Waals surface area contributed by atoms with Gasteiger partial charge in [0.2, 0.25) is 0 Å². The summed E-state index contributed by atoms with van der Waals surface area (Å²) >= 11 is 6.22. The first kappa shape index (κ1) is 27.0. The molecule has 1 fully saturated rings. The van der Waals surface area contributed by atoms with Gasteiger partial charge < -0.3 is 25.3 Å². The van der Waals surface area contributed by atoms with Crippen LogP contribution in [0.5, 0.6) is 0 Å². The van der Waals surface area contributed by atoms with Crippen LogP contribution in [-0.4, -0.2) is 64.6 Å². The van der Waals surface area contributed by atoms with Gasteiger partial charge >= 0.3 is 6.09 Å². The third-order valence-electron chi connectivity index (χ3n) is 6.93. The molecule has 4 aromatic rings. The van der Waals surface area contributed by atoms with Crippen LogP contribution in [0.15, 0.2) is 77.9 Å². The van der Waals surface area contributed by atoms with E-state index in [9.17, 15) is 19.2 Å². The fourth-order valence-electron chi connectivity index (χ4n) is 4.82. The number of carbonyl (C=O) groups is 3. The van der Waals surface area contributed by atoms with Crippen molar-refractivity contribution < 1.29 is 19.1 Å². The van der Waals surface area contributed by atoms with Crippen LogP contribution in [0.25, 0.3) is 16.6 Å². The number of halogens is 1. The smallest absolute Gasteiger partial charge is 0.409 e. The van der Waals surface area contributed by atoms with Crippen LogP contribution in [0, 0.1) is 5.92 Å². The molecule has 1 saturated heterocycles. The van der Waals surface area contributed by atoms with E-state index < -0.39 is 12.1 Å². The molecule has 3 heterocycles. The lowest BCUT2D eigenvalue weighted by atomic mass is 10.0. The molecule has 2 atom stereocenters. The molecular formula is C29H28ClN5O5. The Bertz CT molecular complexity index is 1610. The Kier molecular flexibility index (Phi) is 7.88. The maximum absolute atomic E-state index is 13.1. The van der Waals surface area contributed by atoms with Gasteiger partial charge in [0.25, 0.3) is 17.4 Å². The van der Waals surface area contributed by atoms with E-state index in [1.807, 2.05) is 0 Å². The second kappa shape index (κ2) is 11.7. The molecule has 1 aliphatic rings. The molecule has 0 radical (unpaired) electrons. The highest BCUT2D eigenvalue weighted by Crippen LogP contribution is 2.24. The highest BCUT2D eigenvalue weighted by atomic mass is 35.5. The SMILES string of the molecule is CCOC(=O)N1CC(CNC(=O)c2ccc(-n3ccccc3=O)cc2)C(NC(=O)c2ccc3[nH]cc(Cl)c3c2)C1. The van der Waals surface area contributed by atoms with Gasteiger partial charge in [0, 0.05) is 71.7 Å². The molecule has 0 aliphatic carbocycles. The zero-order valence-corrected chi connectivity index (χ0v) is 22.5. The summed E-state index contributed by atoms with van der Waals surface area (Å²) in [5.74, 6) is -0.865. The number of ether oxygens (including phenoxy) is 1. The molecule has 2 aromatic carbocycles. The monoisotopic (exact) mass is 561 g/mol. The van der Waals surface area contributed by atoms with Gasteiger partial charge in [-0.3, -0.25) is 19.0 Å². The Hall–Kier alpha value is -4.57. The highest BCUT2D eigenvalue weighted by molar-refractivity contribution is 6.35. The maximum Gasteiger partial charge on any atom is 0.409 e. The summed E-state index contributed by atoms with van der Waals surface area (Å²) in [7, 11) is 0. The van der Waals surface area contributed by atoms with Crippen LogP contribution >= 0.6 is 11.6 Å². The quantitative estimate of drug-likeness (QED) is 0.318. The molecule has 11 heteroatoms. The minimum Gasteiger partial charge on any atom is -0.450 e. The van der Waals surface area contributed by atoms with Crippen molar-refractivity contribution in [3.63, 3.8) is 0 Å². The number of fused-ring (bicyclic) bond motifs is 1. The van der Waals surface area contributed by atoms with Crippen molar-refractivity contribution in [1.82, 2.24) is 25.1 Å². The minimum atomic E-state index is -0.470. The summed E-state index contributed by atoms with van der Waals surface area (Å²) < 4.78 is 6.65. The second-order valence-electron chi connectivity index (χ2n) is 9.51. The molecule has 2 aromatic heterocycles. The Morgan fingerprint density at radius 2 is 1.80 bits per heavy atom. The number of pyridine rings is 1. The number of likely N-dealkylation sites (tertiary alicyclic amines) is 1. The number of nitrogens with one attached hydrogen (secondary N) is 3. The number of nitrogens with zero attached hydrogens (tertiary/aromatic N) is 2. The van der Waals surface area contributed by atoms with E-state index in [0.717, 1.165) is 10.9 Å². The summed E-state index contributed by atoms with van der Waals surface area (Å²) in [5.41, 5.74) is 2.15. The fourth-order valence-corrected chi connectivity index (χ4v) is 5.04. The molecule has 0 spiro atoms. The topological polar surface area (TPSA) is 126 Å². The highest BCUT2D eigenvalue weighted by Gasteiger charge is 2.37. The Morgan fingerprint density at radius 1 is 1.02 bits per heavy atom. The Balaban J connectivity index is 1.27. The molecule has 3 amide bonds. The van der Waals surface area contributed by atoms with Crippen molar-refractivity contribution in [3.8, 4) is 5.69 Å². The van der Waals surface area contributed by atoms with E-state index in [-0.39, 0.29) is 43.0 Å². The molecule has 206 valence electrons. The largest absolute Gasteiger partial charge is 0.450 e. The van der Waals surface area contributed by atoms with Crippen LogP contribution in [0.4, 0.5) is 4.79 Å². The molecule has 2 unspecified atom stereocenters. The number of aromatic amines is 1. The predicted molar refractivity (Wildman–Crippen MR) is 151 cm³/mol. The number of amides is 3. The van der Waals surface area contributed by atoms with Crippen LogP contribution in [0.3, 0.4) is 0 Å². The lowest BCUT2D eigenvalue weighted by Crippen LogP contribution is -2.44. The normalized spacial score (nSPS) is 16.6. The van der Waals surface area contributed by atoms with E-state index in [1.54, 1.807) is 73.9 Å². The molecule has 0 bridgehead atoms. The summed E-state index contributed by atoms with van der Waals surface area (Å²) in [6, 6.07) is 16.4. The first-order valence-corrected chi connectivity index (χ1v) is 13.3. The standard InChI is InChI=1S/C29H28ClN5O5/c1-2-40-29(39)34-16-20(25(17-34)33-28(38)19-8-11-24-22(13-19)23(30)15-31-24)14-32-27(37)18-6-9-21(10-7-18)35-12-4-3-5-26(35)36/h3-13,15,20,25,31H,2,14,16-17H2,1H3,(H,32,37)(H,33,38). The Labute approximate surface area is 234 Å². The fraction of sp³-hybridized carbons (Fsp3) is 0.241. The number of H-pyrrole nitrogens is 1. The van der Waals surface area contributed by atoms with Gasteiger partial charge in [0.15, 0.2) is 0 Å². The molecule has 0 saturated carbocycles. The third kappa shape index (κ3) is 5.72. The second-order valence-corrected chi connectivity index (χ2v) is 9.91. The van der Waals surface area contributed by atoms with Crippen LogP contribution in [0.2, 0.25) is 5.02 Å². The first-order valence-electron chi connectivity index (χ1n) is 12.9. The van der Waals surface area contributed by atoms with Gasteiger partial charge in [-0.05, 0) is 55.5 Å². The zero-order valence-electron chi connectivity index (χ0n) is 21.7.